The molecular formula is C20H24ClNO. The first-order chi connectivity index (χ1) is 10.8. The quantitative estimate of drug-likeness (QED) is 0.774. The topological polar surface area (TPSA) is 29.1 Å². The van der Waals surface area contributed by atoms with Crippen molar-refractivity contribution in [2.24, 2.45) is 5.92 Å². The molecule has 0 bridgehead atoms. The van der Waals surface area contributed by atoms with Gasteiger partial charge in [-0.3, -0.25) is 4.79 Å². The number of rotatable bonds is 5. The van der Waals surface area contributed by atoms with Gasteiger partial charge >= 0.3 is 0 Å². The Morgan fingerprint density at radius 3 is 2.43 bits per heavy atom. The number of aryl methyl sites for hydroxylation is 2. The van der Waals surface area contributed by atoms with E-state index in [2.05, 4.69) is 44.3 Å². The van der Waals surface area contributed by atoms with Crippen LogP contribution in [0.5, 0.6) is 0 Å². The largest absolute Gasteiger partial charge is 0.326 e. The lowest BCUT2D eigenvalue weighted by Gasteiger charge is -2.14. The average molecular weight is 330 g/mol. The lowest BCUT2D eigenvalue weighted by atomic mass is 9.95. The van der Waals surface area contributed by atoms with Crippen LogP contribution in [-0.4, -0.2) is 5.91 Å². The van der Waals surface area contributed by atoms with Crippen LogP contribution in [0.4, 0.5) is 5.69 Å². The Balaban J connectivity index is 1.95. The van der Waals surface area contributed by atoms with E-state index in [-0.39, 0.29) is 11.8 Å². The smallest absolute Gasteiger partial charge is 0.224 e. The molecule has 2 aromatic carbocycles. The van der Waals surface area contributed by atoms with E-state index < -0.39 is 0 Å². The molecule has 2 nitrogen and oxygen atoms in total. The van der Waals surface area contributed by atoms with Crippen LogP contribution >= 0.6 is 11.6 Å². The molecule has 3 heteroatoms. The van der Waals surface area contributed by atoms with E-state index in [9.17, 15) is 4.79 Å². The summed E-state index contributed by atoms with van der Waals surface area (Å²) in [7, 11) is 0. The third-order valence-corrected chi connectivity index (χ3v) is 4.35. The number of hydrogen-bond acceptors (Lipinski definition) is 1. The second-order valence-corrected chi connectivity index (χ2v) is 6.88. The van der Waals surface area contributed by atoms with Crippen molar-refractivity contribution in [3.8, 4) is 0 Å². The number of carbonyl (C=O) groups is 1. The van der Waals surface area contributed by atoms with Crippen molar-refractivity contribution < 1.29 is 4.79 Å². The Morgan fingerprint density at radius 2 is 1.78 bits per heavy atom. The van der Waals surface area contributed by atoms with Gasteiger partial charge in [-0.05, 0) is 56.4 Å². The minimum Gasteiger partial charge on any atom is -0.326 e. The summed E-state index contributed by atoms with van der Waals surface area (Å²) in [5.41, 5.74) is 5.53. The zero-order chi connectivity index (χ0) is 17.0. The molecule has 0 aliphatic carbocycles. The Hall–Kier alpha value is -1.80. The van der Waals surface area contributed by atoms with E-state index >= 15 is 0 Å². The average Bonchev–Trinajstić information content (AvgIpc) is 2.42. The van der Waals surface area contributed by atoms with Gasteiger partial charge in [-0.25, -0.2) is 0 Å². The molecule has 0 aliphatic heterocycles. The van der Waals surface area contributed by atoms with Gasteiger partial charge in [0.2, 0.25) is 5.91 Å². The lowest BCUT2D eigenvalue weighted by Crippen LogP contribution is -2.17. The zero-order valence-corrected chi connectivity index (χ0v) is 15.0. The van der Waals surface area contributed by atoms with Crippen LogP contribution < -0.4 is 5.32 Å². The maximum Gasteiger partial charge on any atom is 0.224 e. The van der Waals surface area contributed by atoms with Crippen LogP contribution in [-0.2, 0) is 11.2 Å². The monoisotopic (exact) mass is 329 g/mol. The van der Waals surface area contributed by atoms with E-state index in [0.717, 1.165) is 17.7 Å². The molecule has 122 valence electrons. The van der Waals surface area contributed by atoms with Crippen molar-refractivity contribution in [3.63, 3.8) is 0 Å². The van der Waals surface area contributed by atoms with Gasteiger partial charge < -0.3 is 5.32 Å². The number of carbonyl (C=O) groups excluding carboxylic acids is 1. The number of hydrogen-bond donors (Lipinski definition) is 1. The molecule has 23 heavy (non-hydrogen) atoms. The van der Waals surface area contributed by atoms with Gasteiger partial charge in [0.1, 0.15) is 0 Å². The molecular weight excluding hydrogens is 306 g/mol. The Kier molecular flexibility index (Phi) is 5.84. The molecule has 0 aromatic heterocycles. The fourth-order valence-corrected chi connectivity index (χ4v) is 3.10. The minimum atomic E-state index is 0.0345. The van der Waals surface area contributed by atoms with Gasteiger partial charge in [0.15, 0.2) is 0 Å². The van der Waals surface area contributed by atoms with Crippen molar-refractivity contribution in [3.05, 3.63) is 63.7 Å². The standard InChI is InChI=1S/C20H24ClNO/c1-13-8-14(2)10-17(9-13)11-15(3)12-20(23)22-19-7-5-6-18(21)16(19)4/h5-10,15H,11-12H2,1-4H3,(H,22,23). The normalized spacial score (nSPS) is 12.0. The summed E-state index contributed by atoms with van der Waals surface area (Å²) in [6, 6.07) is 12.1. The lowest BCUT2D eigenvalue weighted by molar-refractivity contribution is -0.116. The fraction of sp³-hybridized carbons (Fsp3) is 0.350. The Morgan fingerprint density at radius 1 is 1.13 bits per heavy atom. The van der Waals surface area contributed by atoms with Crippen molar-refractivity contribution in [1.82, 2.24) is 0 Å². The molecule has 1 N–H and O–H groups in total. The highest BCUT2D eigenvalue weighted by atomic mass is 35.5. The van der Waals surface area contributed by atoms with Gasteiger partial charge in [-0.2, -0.15) is 0 Å². The molecule has 1 unspecified atom stereocenters. The van der Waals surface area contributed by atoms with Crippen molar-refractivity contribution in [2.75, 3.05) is 5.32 Å². The van der Waals surface area contributed by atoms with E-state index in [1.807, 2.05) is 25.1 Å². The maximum absolute atomic E-state index is 12.3. The summed E-state index contributed by atoms with van der Waals surface area (Å²) in [4.78, 5) is 12.3. The number of halogens is 1. The van der Waals surface area contributed by atoms with Crippen LogP contribution in [0.25, 0.3) is 0 Å². The van der Waals surface area contributed by atoms with Gasteiger partial charge in [-0.15, -0.1) is 0 Å². The predicted molar refractivity (Wildman–Crippen MR) is 98.2 cm³/mol. The predicted octanol–water partition coefficient (Wildman–Crippen LogP) is 5.47. The first-order valence-electron chi connectivity index (χ1n) is 7.97. The van der Waals surface area contributed by atoms with Gasteiger partial charge in [-0.1, -0.05) is 53.9 Å². The fourth-order valence-electron chi connectivity index (χ4n) is 2.92. The van der Waals surface area contributed by atoms with Crippen molar-refractivity contribution in [1.29, 1.82) is 0 Å². The molecule has 2 rings (SSSR count). The Bertz CT molecular complexity index is 689. The second-order valence-electron chi connectivity index (χ2n) is 6.47. The van der Waals surface area contributed by atoms with Crippen LogP contribution in [0.15, 0.2) is 36.4 Å². The molecule has 0 saturated heterocycles. The highest BCUT2D eigenvalue weighted by molar-refractivity contribution is 6.31. The van der Waals surface area contributed by atoms with E-state index in [1.165, 1.54) is 16.7 Å². The van der Waals surface area contributed by atoms with Gasteiger partial charge in [0.25, 0.3) is 0 Å². The first kappa shape index (κ1) is 17.6. The summed E-state index contributed by atoms with van der Waals surface area (Å²) in [6.45, 7) is 8.24. The van der Waals surface area contributed by atoms with Crippen LogP contribution in [0.2, 0.25) is 5.02 Å². The second kappa shape index (κ2) is 7.65. The molecule has 2 aromatic rings. The zero-order valence-electron chi connectivity index (χ0n) is 14.2. The van der Waals surface area contributed by atoms with Crippen LogP contribution in [0.1, 0.15) is 35.6 Å². The molecule has 0 radical (unpaired) electrons. The van der Waals surface area contributed by atoms with Crippen molar-refractivity contribution in [2.45, 2.75) is 40.5 Å². The molecule has 1 atom stereocenters. The van der Waals surface area contributed by atoms with Crippen LogP contribution in [0, 0.1) is 26.7 Å². The molecule has 0 heterocycles. The maximum atomic E-state index is 12.3. The van der Waals surface area contributed by atoms with Gasteiger partial charge in [0, 0.05) is 17.1 Å². The van der Waals surface area contributed by atoms with Gasteiger partial charge in [0.05, 0.1) is 0 Å². The molecule has 0 spiro atoms. The number of nitrogens with one attached hydrogen (secondary N) is 1. The minimum absolute atomic E-state index is 0.0345. The van der Waals surface area contributed by atoms with E-state index in [4.69, 9.17) is 11.6 Å². The van der Waals surface area contributed by atoms with E-state index in [1.54, 1.807) is 0 Å². The van der Waals surface area contributed by atoms with Crippen LogP contribution in [0.3, 0.4) is 0 Å². The molecule has 1 amide bonds. The summed E-state index contributed by atoms with van der Waals surface area (Å²) >= 11 is 6.09. The molecule has 0 saturated carbocycles. The van der Waals surface area contributed by atoms with E-state index in [0.29, 0.717) is 11.4 Å². The molecule has 0 aliphatic rings. The molecule has 0 fully saturated rings. The number of benzene rings is 2. The highest BCUT2D eigenvalue weighted by Crippen LogP contribution is 2.23. The third kappa shape index (κ3) is 5.11. The summed E-state index contributed by atoms with van der Waals surface area (Å²) in [5.74, 6) is 0.322. The first-order valence-corrected chi connectivity index (χ1v) is 8.35. The summed E-state index contributed by atoms with van der Waals surface area (Å²) in [6.07, 6.45) is 1.41. The number of amides is 1. The Labute approximate surface area is 143 Å². The summed E-state index contributed by atoms with van der Waals surface area (Å²) < 4.78 is 0. The SMILES string of the molecule is Cc1cc(C)cc(CC(C)CC(=O)Nc2cccc(Cl)c2C)c1. The summed E-state index contributed by atoms with van der Waals surface area (Å²) in [5, 5.41) is 3.64. The third-order valence-electron chi connectivity index (χ3n) is 3.94. The van der Waals surface area contributed by atoms with Crippen molar-refractivity contribution >= 4 is 23.2 Å². The highest BCUT2D eigenvalue weighted by Gasteiger charge is 2.12. The number of anilines is 1.